The minimum atomic E-state index is -0.646. The van der Waals surface area contributed by atoms with Gasteiger partial charge in [-0.25, -0.2) is 4.98 Å². The fraction of sp³-hybridized carbons (Fsp3) is 0.333. The Hall–Kier alpha value is -2.57. The van der Waals surface area contributed by atoms with Gasteiger partial charge in [-0.1, -0.05) is 30.3 Å². The van der Waals surface area contributed by atoms with Crippen molar-refractivity contribution >= 4 is 28.6 Å². The molecular formula is C24H26N2O3S. The lowest BCUT2D eigenvalue weighted by molar-refractivity contribution is 0.0952. The summed E-state index contributed by atoms with van der Waals surface area (Å²) in [6.07, 6.45) is 1.44. The third-order valence-electron chi connectivity index (χ3n) is 5.05. The molecule has 4 rings (SSSR count). The van der Waals surface area contributed by atoms with Crippen LogP contribution in [0, 0.1) is 13.8 Å². The maximum atomic E-state index is 12.7. The van der Waals surface area contributed by atoms with Crippen LogP contribution in [0.5, 0.6) is 5.75 Å². The lowest BCUT2D eigenvalue weighted by Crippen LogP contribution is -2.25. The van der Waals surface area contributed by atoms with E-state index in [0.29, 0.717) is 17.4 Å². The van der Waals surface area contributed by atoms with Crippen LogP contribution in [0.4, 0.5) is 0 Å². The van der Waals surface area contributed by atoms with Crippen molar-refractivity contribution in [2.45, 2.75) is 43.9 Å². The van der Waals surface area contributed by atoms with E-state index < -0.39 is 6.10 Å². The normalized spacial score (nSPS) is 14.5. The van der Waals surface area contributed by atoms with Gasteiger partial charge in [0, 0.05) is 17.2 Å². The summed E-state index contributed by atoms with van der Waals surface area (Å²) in [7, 11) is 0. The maximum Gasteiger partial charge on any atom is 0.252 e. The summed E-state index contributed by atoms with van der Waals surface area (Å²) in [4.78, 5) is 17.4. The van der Waals surface area contributed by atoms with E-state index in [1.54, 1.807) is 0 Å². The number of nitrogens with zero attached hydrogens (tertiary/aromatic N) is 1. The Morgan fingerprint density at radius 2 is 2.03 bits per heavy atom. The summed E-state index contributed by atoms with van der Waals surface area (Å²) in [5.74, 6) is 1.17. The molecule has 0 saturated heterocycles. The van der Waals surface area contributed by atoms with Gasteiger partial charge in [-0.3, -0.25) is 4.79 Å². The molecule has 1 aliphatic rings. The van der Waals surface area contributed by atoms with Crippen LogP contribution in [0.25, 0.3) is 10.9 Å². The molecule has 156 valence electrons. The highest BCUT2D eigenvalue weighted by Gasteiger charge is 2.25. The molecule has 1 fully saturated rings. The summed E-state index contributed by atoms with van der Waals surface area (Å²) in [5.41, 5.74) is 3.58. The molecule has 1 aliphatic carbocycles. The average molecular weight is 423 g/mol. The number of nitrogens with one attached hydrogen (secondary N) is 1. The molecule has 1 heterocycles. The van der Waals surface area contributed by atoms with Crippen LogP contribution in [0.2, 0.25) is 0 Å². The zero-order valence-corrected chi connectivity index (χ0v) is 18.0. The van der Waals surface area contributed by atoms with Crippen molar-refractivity contribution in [1.82, 2.24) is 10.3 Å². The van der Waals surface area contributed by atoms with Gasteiger partial charge in [0.25, 0.3) is 5.91 Å². The van der Waals surface area contributed by atoms with Crippen LogP contribution in [-0.4, -0.2) is 40.5 Å². The molecule has 1 saturated carbocycles. The number of aromatic nitrogens is 1. The van der Waals surface area contributed by atoms with Crippen LogP contribution in [0.15, 0.2) is 53.6 Å². The number of fused-ring (bicyclic) bond motifs is 1. The van der Waals surface area contributed by atoms with Gasteiger partial charge in [0.1, 0.15) is 12.4 Å². The number of para-hydroxylation sites is 1. The number of pyridine rings is 1. The van der Waals surface area contributed by atoms with E-state index in [0.717, 1.165) is 45.6 Å². The van der Waals surface area contributed by atoms with Crippen molar-refractivity contribution in [2.24, 2.45) is 0 Å². The van der Waals surface area contributed by atoms with Crippen LogP contribution in [-0.2, 0) is 0 Å². The molecule has 1 aromatic heterocycles. The highest BCUT2D eigenvalue weighted by molar-refractivity contribution is 7.99. The fourth-order valence-corrected chi connectivity index (χ4v) is 4.01. The molecule has 0 aliphatic heterocycles. The number of rotatable bonds is 8. The third-order valence-corrected chi connectivity index (χ3v) is 6.10. The Bertz CT molecular complexity index is 1070. The van der Waals surface area contributed by atoms with E-state index in [2.05, 4.69) is 10.3 Å². The van der Waals surface area contributed by atoms with Gasteiger partial charge in [0.2, 0.25) is 0 Å². The Labute approximate surface area is 180 Å². The number of carbonyl (C=O) groups is 1. The van der Waals surface area contributed by atoms with Crippen molar-refractivity contribution in [3.05, 3.63) is 65.2 Å². The van der Waals surface area contributed by atoms with Gasteiger partial charge >= 0.3 is 0 Å². The number of thioether (sulfide) groups is 1. The first-order valence-corrected chi connectivity index (χ1v) is 11.2. The number of aliphatic hydroxyl groups is 1. The number of aryl methyl sites for hydroxylation is 2. The van der Waals surface area contributed by atoms with E-state index >= 15 is 0 Å². The second-order valence-electron chi connectivity index (χ2n) is 7.82. The topological polar surface area (TPSA) is 71.5 Å². The molecule has 6 heteroatoms. The Kier molecular flexibility index (Phi) is 6.25. The summed E-state index contributed by atoms with van der Waals surface area (Å²) in [5, 5.41) is 15.0. The SMILES string of the molecule is Cc1ccc(C)c(OCC(O)CSc2cc(C(=O)NC3CC3)c3ccccc3n2)c1. The van der Waals surface area contributed by atoms with Crippen LogP contribution < -0.4 is 10.1 Å². The third kappa shape index (κ3) is 5.12. The van der Waals surface area contributed by atoms with Gasteiger partial charge < -0.3 is 15.2 Å². The highest BCUT2D eigenvalue weighted by Crippen LogP contribution is 2.27. The fourth-order valence-electron chi connectivity index (χ4n) is 3.18. The first-order chi connectivity index (χ1) is 14.5. The molecule has 0 bridgehead atoms. The zero-order chi connectivity index (χ0) is 21.1. The summed E-state index contributed by atoms with van der Waals surface area (Å²) in [6.45, 7) is 4.21. The van der Waals surface area contributed by atoms with Gasteiger partial charge in [-0.2, -0.15) is 0 Å². The van der Waals surface area contributed by atoms with E-state index in [-0.39, 0.29) is 12.5 Å². The second kappa shape index (κ2) is 9.06. The molecule has 2 aromatic carbocycles. The Balaban J connectivity index is 1.42. The van der Waals surface area contributed by atoms with E-state index in [1.165, 1.54) is 11.8 Å². The molecular weight excluding hydrogens is 396 g/mol. The monoisotopic (exact) mass is 422 g/mol. The number of carbonyl (C=O) groups excluding carboxylic acids is 1. The standard InChI is InChI=1S/C24H26N2O3S/c1-15-7-8-16(2)22(11-15)29-13-18(27)14-30-23-12-20(24(28)25-17-9-10-17)19-5-3-4-6-21(19)26-23/h3-8,11-12,17-18,27H,9-10,13-14H2,1-2H3,(H,25,28). The minimum Gasteiger partial charge on any atom is -0.491 e. The van der Waals surface area contributed by atoms with Crippen LogP contribution in [0.3, 0.4) is 0 Å². The molecule has 1 atom stereocenters. The Morgan fingerprint density at radius 3 is 2.83 bits per heavy atom. The molecule has 1 amide bonds. The smallest absolute Gasteiger partial charge is 0.252 e. The minimum absolute atomic E-state index is 0.0586. The first kappa shape index (κ1) is 20.7. The highest BCUT2D eigenvalue weighted by atomic mass is 32.2. The predicted molar refractivity (Wildman–Crippen MR) is 120 cm³/mol. The lowest BCUT2D eigenvalue weighted by Gasteiger charge is -2.14. The van der Waals surface area contributed by atoms with Crippen molar-refractivity contribution in [3.8, 4) is 5.75 Å². The van der Waals surface area contributed by atoms with E-state index in [1.807, 2.05) is 62.4 Å². The summed E-state index contributed by atoms with van der Waals surface area (Å²) in [6, 6.07) is 15.8. The summed E-state index contributed by atoms with van der Waals surface area (Å²) < 4.78 is 5.80. The average Bonchev–Trinajstić information content (AvgIpc) is 3.56. The van der Waals surface area contributed by atoms with Gasteiger partial charge in [-0.05, 0) is 56.0 Å². The predicted octanol–water partition coefficient (Wildman–Crippen LogP) is 4.28. The van der Waals surface area contributed by atoms with Crippen molar-refractivity contribution in [1.29, 1.82) is 0 Å². The van der Waals surface area contributed by atoms with E-state index in [9.17, 15) is 9.90 Å². The van der Waals surface area contributed by atoms with Gasteiger partial charge in [-0.15, -0.1) is 11.8 Å². The number of ether oxygens (including phenoxy) is 1. The summed E-state index contributed by atoms with van der Waals surface area (Å²) >= 11 is 1.43. The molecule has 0 radical (unpaired) electrons. The van der Waals surface area contributed by atoms with Crippen LogP contribution in [0.1, 0.15) is 34.3 Å². The van der Waals surface area contributed by atoms with Gasteiger partial charge in [0.05, 0.1) is 22.2 Å². The van der Waals surface area contributed by atoms with Crippen molar-refractivity contribution < 1.29 is 14.6 Å². The first-order valence-electron chi connectivity index (χ1n) is 10.2. The van der Waals surface area contributed by atoms with E-state index in [4.69, 9.17) is 4.74 Å². The zero-order valence-electron chi connectivity index (χ0n) is 17.2. The quantitative estimate of drug-likeness (QED) is 0.530. The van der Waals surface area contributed by atoms with Crippen molar-refractivity contribution in [3.63, 3.8) is 0 Å². The molecule has 0 spiro atoms. The molecule has 3 aromatic rings. The molecule has 2 N–H and O–H groups in total. The maximum absolute atomic E-state index is 12.7. The number of aliphatic hydroxyl groups excluding tert-OH is 1. The second-order valence-corrected chi connectivity index (χ2v) is 8.86. The number of hydrogen-bond acceptors (Lipinski definition) is 5. The number of benzene rings is 2. The molecule has 30 heavy (non-hydrogen) atoms. The Morgan fingerprint density at radius 1 is 1.23 bits per heavy atom. The van der Waals surface area contributed by atoms with Crippen molar-refractivity contribution in [2.75, 3.05) is 12.4 Å². The largest absolute Gasteiger partial charge is 0.491 e. The van der Waals surface area contributed by atoms with Crippen LogP contribution >= 0.6 is 11.8 Å². The molecule has 5 nitrogen and oxygen atoms in total. The lowest BCUT2D eigenvalue weighted by atomic mass is 10.1. The molecule has 1 unspecified atom stereocenters. The number of hydrogen-bond donors (Lipinski definition) is 2. The van der Waals surface area contributed by atoms with Gasteiger partial charge in [0.15, 0.2) is 0 Å². The number of amides is 1.